The number of phenolic OH excluding ortho intramolecular Hbond substituents is 1. The number of carbonyl (C=O) groups is 2. The molecular formula is C23H17ClN2O4. The monoisotopic (exact) mass is 420 g/mol. The van der Waals surface area contributed by atoms with E-state index in [4.69, 9.17) is 16.4 Å². The molecule has 2 aliphatic heterocycles. The Morgan fingerprint density at radius 1 is 0.833 bits per heavy atom. The average Bonchev–Trinajstić information content (AvgIpc) is 3.26. The minimum Gasteiger partial charge on any atom is -0.508 e. The molecule has 1 N–H and O–H groups in total. The molecule has 2 saturated heterocycles. The second kappa shape index (κ2) is 7.16. The standard InChI is InChI=1S/C23H17ClN2O4/c24-15-9-11-16(12-10-15)25-22(28)19-20(14-5-4-8-18(27)13-14)26(30-21(19)23(25)29)17-6-2-1-3-7-17/h1-13,19-21,27H/t19-,20-,21-/m1/s1. The summed E-state index contributed by atoms with van der Waals surface area (Å²) in [5, 5.41) is 12.1. The molecule has 0 saturated carbocycles. The number of aromatic hydroxyl groups is 1. The van der Waals surface area contributed by atoms with Crippen molar-refractivity contribution < 1.29 is 19.5 Å². The van der Waals surface area contributed by atoms with Crippen LogP contribution in [-0.2, 0) is 14.4 Å². The van der Waals surface area contributed by atoms with Crippen LogP contribution in [0.5, 0.6) is 5.75 Å². The molecule has 0 bridgehead atoms. The number of amides is 2. The van der Waals surface area contributed by atoms with Crippen molar-refractivity contribution in [3.63, 3.8) is 0 Å². The third-order valence-electron chi connectivity index (χ3n) is 5.42. The lowest BCUT2D eigenvalue weighted by Gasteiger charge is -2.28. The molecule has 0 radical (unpaired) electrons. The topological polar surface area (TPSA) is 70.1 Å². The molecule has 0 unspecified atom stereocenters. The Labute approximate surface area is 177 Å². The van der Waals surface area contributed by atoms with E-state index in [0.717, 1.165) is 10.6 Å². The van der Waals surface area contributed by atoms with E-state index in [1.54, 1.807) is 47.5 Å². The van der Waals surface area contributed by atoms with E-state index in [9.17, 15) is 14.7 Å². The summed E-state index contributed by atoms with van der Waals surface area (Å²) in [5.74, 6) is -1.44. The Kier molecular flexibility index (Phi) is 4.46. The summed E-state index contributed by atoms with van der Waals surface area (Å²) >= 11 is 5.95. The quantitative estimate of drug-likeness (QED) is 0.646. The van der Waals surface area contributed by atoms with E-state index in [2.05, 4.69) is 0 Å². The molecule has 3 atom stereocenters. The fourth-order valence-corrected chi connectivity index (χ4v) is 4.23. The van der Waals surface area contributed by atoms with Gasteiger partial charge in [-0.1, -0.05) is 41.9 Å². The van der Waals surface area contributed by atoms with Gasteiger partial charge in [-0.05, 0) is 54.1 Å². The van der Waals surface area contributed by atoms with Crippen LogP contribution in [0.4, 0.5) is 11.4 Å². The molecule has 30 heavy (non-hydrogen) atoms. The smallest absolute Gasteiger partial charge is 0.266 e. The first-order chi connectivity index (χ1) is 14.5. The highest BCUT2D eigenvalue weighted by Gasteiger charge is 2.60. The predicted octanol–water partition coefficient (Wildman–Crippen LogP) is 4.10. The number of hydrogen-bond donors (Lipinski definition) is 1. The van der Waals surface area contributed by atoms with E-state index >= 15 is 0 Å². The van der Waals surface area contributed by atoms with Crippen LogP contribution in [0.1, 0.15) is 11.6 Å². The summed E-state index contributed by atoms with van der Waals surface area (Å²) in [5.41, 5.74) is 1.86. The molecular weight excluding hydrogens is 404 g/mol. The van der Waals surface area contributed by atoms with Crippen molar-refractivity contribution in [3.05, 3.63) is 89.4 Å². The lowest BCUT2D eigenvalue weighted by molar-refractivity contribution is -0.126. The van der Waals surface area contributed by atoms with Crippen LogP contribution in [0.3, 0.4) is 0 Å². The second-order valence-corrected chi connectivity index (χ2v) is 7.68. The first-order valence-electron chi connectivity index (χ1n) is 9.48. The lowest BCUT2D eigenvalue weighted by Crippen LogP contribution is -2.37. The van der Waals surface area contributed by atoms with Crippen molar-refractivity contribution in [1.82, 2.24) is 0 Å². The summed E-state index contributed by atoms with van der Waals surface area (Å²) in [6, 6.07) is 21.9. The van der Waals surface area contributed by atoms with Crippen LogP contribution in [0.2, 0.25) is 5.02 Å². The van der Waals surface area contributed by atoms with Gasteiger partial charge in [-0.15, -0.1) is 0 Å². The first kappa shape index (κ1) is 18.7. The molecule has 6 nitrogen and oxygen atoms in total. The highest BCUT2D eigenvalue weighted by molar-refractivity contribution is 6.31. The van der Waals surface area contributed by atoms with Crippen LogP contribution >= 0.6 is 11.6 Å². The highest BCUT2D eigenvalue weighted by Crippen LogP contribution is 2.47. The maximum atomic E-state index is 13.4. The van der Waals surface area contributed by atoms with Crippen molar-refractivity contribution in [3.8, 4) is 5.75 Å². The van der Waals surface area contributed by atoms with Crippen molar-refractivity contribution >= 4 is 34.8 Å². The number of rotatable bonds is 3. The minimum absolute atomic E-state index is 0.0790. The summed E-state index contributed by atoms with van der Waals surface area (Å²) in [6.07, 6.45) is -0.958. The Morgan fingerprint density at radius 3 is 2.27 bits per heavy atom. The van der Waals surface area contributed by atoms with E-state index in [1.165, 1.54) is 0 Å². The number of hydrogen-bond acceptors (Lipinski definition) is 5. The van der Waals surface area contributed by atoms with Gasteiger partial charge in [-0.25, -0.2) is 9.96 Å². The summed E-state index contributed by atoms with van der Waals surface area (Å²) in [4.78, 5) is 33.8. The number of halogens is 1. The molecule has 0 spiro atoms. The molecule has 0 aliphatic carbocycles. The van der Waals surface area contributed by atoms with Gasteiger partial charge in [0.15, 0.2) is 6.10 Å². The molecule has 2 heterocycles. The molecule has 2 fully saturated rings. The van der Waals surface area contributed by atoms with Crippen LogP contribution in [0, 0.1) is 5.92 Å². The van der Waals surface area contributed by atoms with E-state index in [0.29, 0.717) is 16.3 Å². The normalized spacial score (nSPS) is 23.2. The Morgan fingerprint density at radius 2 is 1.57 bits per heavy atom. The van der Waals surface area contributed by atoms with Crippen molar-refractivity contribution in [2.45, 2.75) is 12.1 Å². The molecule has 2 aliphatic rings. The second-order valence-electron chi connectivity index (χ2n) is 7.24. The number of benzene rings is 3. The van der Waals surface area contributed by atoms with E-state index in [-0.39, 0.29) is 11.7 Å². The number of para-hydroxylation sites is 1. The number of nitrogens with zero attached hydrogens (tertiary/aromatic N) is 2. The van der Waals surface area contributed by atoms with E-state index < -0.39 is 24.0 Å². The van der Waals surface area contributed by atoms with Gasteiger partial charge >= 0.3 is 0 Å². The average molecular weight is 421 g/mol. The summed E-state index contributed by atoms with van der Waals surface area (Å²) in [7, 11) is 0. The SMILES string of the molecule is O=C1[C@@H]2[C@@H](c3cccc(O)c3)N(c3ccccc3)O[C@H]2C(=O)N1c1ccc(Cl)cc1. The van der Waals surface area contributed by atoms with Gasteiger partial charge < -0.3 is 5.11 Å². The predicted molar refractivity (Wildman–Crippen MR) is 112 cm³/mol. The largest absolute Gasteiger partial charge is 0.508 e. The number of imide groups is 1. The molecule has 5 rings (SSSR count). The van der Waals surface area contributed by atoms with Crippen LogP contribution in [0.15, 0.2) is 78.9 Å². The zero-order valence-electron chi connectivity index (χ0n) is 15.7. The maximum absolute atomic E-state index is 13.4. The van der Waals surface area contributed by atoms with Gasteiger partial charge in [0.1, 0.15) is 11.7 Å². The van der Waals surface area contributed by atoms with Gasteiger partial charge in [-0.2, -0.15) is 0 Å². The number of anilines is 2. The van der Waals surface area contributed by atoms with Crippen LogP contribution in [0.25, 0.3) is 0 Å². The van der Waals surface area contributed by atoms with Gasteiger partial charge in [0.25, 0.3) is 5.91 Å². The zero-order chi connectivity index (χ0) is 20.8. The number of carbonyl (C=O) groups excluding carboxylic acids is 2. The molecule has 2 amide bonds. The van der Waals surface area contributed by atoms with Gasteiger partial charge in [-0.3, -0.25) is 14.4 Å². The summed E-state index contributed by atoms with van der Waals surface area (Å²) < 4.78 is 0. The van der Waals surface area contributed by atoms with Crippen molar-refractivity contribution in [2.24, 2.45) is 5.92 Å². The van der Waals surface area contributed by atoms with E-state index in [1.807, 2.05) is 36.4 Å². The summed E-state index contributed by atoms with van der Waals surface area (Å²) in [6.45, 7) is 0. The zero-order valence-corrected chi connectivity index (χ0v) is 16.4. The number of hydroxylamine groups is 1. The van der Waals surface area contributed by atoms with Crippen LogP contribution in [-0.4, -0.2) is 23.0 Å². The highest BCUT2D eigenvalue weighted by atomic mass is 35.5. The third-order valence-corrected chi connectivity index (χ3v) is 5.67. The molecule has 7 heteroatoms. The minimum atomic E-state index is -0.958. The van der Waals surface area contributed by atoms with Crippen molar-refractivity contribution in [1.29, 1.82) is 0 Å². The number of phenols is 1. The van der Waals surface area contributed by atoms with Gasteiger partial charge in [0, 0.05) is 5.02 Å². The number of fused-ring (bicyclic) bond motifs is 1. The Bertz CT molecular complexity index is 1120. The first-order valence-corrected chi connectivity index (χ1v) is 9.86. The van der Waals surface area contributed by atoms with Gasteiger partial charge in [0.05, 0.1) is 17.4 Å². The molecule has 3 aromatic carbocycles. The van der Waals surface area contributed by atoms with Crippen LogP contribution < -0.4 is 9.96 Å². The molecule has 3 aromatic rings. The fraction of sp³-hybridized carbons (Fsp3) is 0.130. The van der Waals surface area contributed by atoms with Crippen molar-refractivity contribution in [2.75, 3.05) is 9.96 Å². The Balaban J connectivity index is 1.59. The molecule has 150 valence electrons. The Hall–Kier alpha value is -3.35. The maximum Gasteiger partial charge on any atom is 0.266 e. The fourth-order valence-electron chi connectivity index (χ4n) is 4.11. The third kappa shape index (κ3) is 2.93. The molecule has 0 aromatic heterocycles. The van der Waals surface area contributed by atoms with Gasteiger partial charge in [0.2, 0.25) is 5.91 Å². The lowest BCUT2D eigenvalue weighted by atomic mass is 9.90.